The molecule has 68 heavy (non-hydrogen) atoms. The van der Waals surface area contributed by atoms with Crippen LogP contribution >= 0.6 is 0 Å². The molecule has 0 aliphatic carbocycles. The molecule has 0 unspecified atom stereocenters. The van der Waals surface area contributed by atoms with Crippen molar-refractivity contribution in [3.05, 3.63) is 237 Å². The molecule has 318 valence electrons. The van der Waals surface area contributed by atoms with Crippen LogP contribution in [0.15, 0.2) is 237 Å². The zero-order valence-electron chi connectivity index (χ0n) is 36.6. The summed E-state index contributed by atoms with van der Waals surface area (Å²) >= 11 is 0. The van der Waals surface area contributed by atoms with Crippen LogP contribution in [0.25, 0.3) is 123 Å². The summed E-state index contributed by atoms with van der Waals surface area (Å²) in [5.41, 5.74) is 13.7. The van der Waals surface area contributed by atoms with E-state index in [1.807, 2.05) is 60.7 Å². The topological polar surface area (TPSA) is 74.3 Å². The maximum Gasteiger partial charge on any atom is 0.238 e. The van der Waals surface area contributed by atoms with Gasteiger partial charge in [-0.25, -0.2) is 15.0 Å². The first-order chi connectivity index (χ1) is 33.7. The number of para-hydroxylation sites is 2. The highest BCUT2D eigenvalue weighted by molar-refractivity contribution is 6.23. The van der Waals surface area contributed by atoms with Gasteiger partial charge in [0.25, 0.3) is 0 Å². The van der Waals surface area contributed by atoms with Crippen molar-refractivity contribution in [2.75, 3.05) is 0 Å². The van der Waals surface area contributed by atoms with E-state index in [4.69, 9.17) is 24.9 Å². The molecule has 0 amide bonds. The van der Waals surface area contributed by atoms with Crippen LogP contribution in [0.2, 0.25) is 0 Å². The molecule has 7 nitrogen and oxygen atoms in total. The van der Waals surface area contributed by atoms with Crippen molar-refractivity contribution in [3.8, 4) is 79.4 Å². The molecular weight excluding hydrogens is 831 g/mol. The van der Waals surface area contributed by atoms with E-state index in [9.17, 15) is 0 Å². The van der Waals surface area contributed by atoms with Gasteiger partial charge >= 0.3 is 0 Å². The van der Waals surface area contributed by atoms with Gasteiger partial charge in [-0.2, -0.15) is 9.97 Å². The van der Waals surface area contributed by atoms with Gasteiger partial charge in [-0.1, -0.05) is 206 Å². The monoisotopic (exact) mass is 869 g/mol. The number of hydrogen-bond acceptors (Lipinski definition) is 5. The summed E-state index contributed by atoms with van der Waals surface area (Å²) in [5.74, 6) is 2.36. The molecule has 0 N–H and O–H groups in total. The molecule has 0 aliphatic rings. The first-order valence-corrected chi connectivity index (χ1v) is 22.8. The van der Waals surface area contributed by atoms with Crippen molar-refractivity contribution in [1.82, 2.24) is 34.1 Å². The molecule has 13 rings (SSSR count). The van der Waals surface area contributed by atoms with Gasteiger partial charge in [0.1, 0.15) is 0 Å². The van der Waals surface area contributed by atoms with E-state index in [0.717, 1.165) is 99.6 Å². The summed E-state index contributed by atoms with van der Waals surface area (Å²) in [6, 6.07) is 82.0. The smallest absolute Gasteiger partial charge is 0.238 e. The molecule has 7 heteroatoms. The molecular formula is C61H39N7. The fraction of sp³-hybridized carbons (Fsp3) is 0. The van der Waals surface area contributed by atoms with E-state index < -0.39 is 0 Å². The van der Waals surface area contributed by atoms with Gasteiger partial charge in [-0.3, -0.25) is 4.57 Å². The summed E-state index contributed by atoms with van der Waals surface area (Å²) < 4.78 is 4.63. The van der Waals surface area contributed by atoms with Crippen molar-refractivity contribution in [1.29, 1.82) is 0 Å². The Morgan fingerprint density at radius 3 is 1.34 bits per heavy atom. The molecule has 0 aliphatic heterocycles. The lowest BCUT2D eigenvalue weighted by Crippen LogP contribution is -2.07. The van der Waals surface area contributed by atoms with Crippen LogP contribution in [0.1, 0.15) is 0 Å². The maximum absolute atomic E-state index is 5.46. The summed E-state index contributed by atoms with van der Waals surface area (Å²) in [6.45, 7) is 0. The van der Waals surface area contributed by atoms with Gasteiger partial charge < -0.3 is 4.57 Å². The average Bonchev–Trinajstić information content (AvgIpc) is 3.95. The first kappa shape index (κ1) is 39.1. The molecule has 0 fully saturated rings. The standard InChI is InChI=1S/C61H39N7/c1-5-20-40(21-6-1)46-30-13-14-33-51(46)60-64-58(43-26-11-4-12-27-43)65-61(66-60)68-55-35-18-16-32-48(55)50-37-36-49-47-31-15-17-34-54(47)67(56(49)57(50)68)45-29-19-28-44(38-45)59-62-52(41-22-7-2-8-23-41)39-53(63-59)42-24-9-3-10-25-42/h1-39H. The number of hydrogen-bond donors (Lipinski definition) is 0. The minimum Gasteiger partial charge on any atom is -0.307 e. The van der Waals surface area contributed by atoms with E-state index in [2.05, 4.69) is 185 Å². The van der Waals surface area contributed by atoms with Crippen LogP contribution in [0.3, 0.4) is 0 Å². The summed E-state index contributed by atoms with van der Waals surface area (Å²) in [5, 5.41) is 4.44. The van der Waals surface area contributed by atoms with E-state index >= 15 is 0 Å². The number of fused-ring (bicyclic) bond motifs is 7. The van der Waals surface area contributed by atoms with Crippen LogP contribution < -0.4 is 0 Å². The predicted molar refractivity (Wildman–Crippen MR) is 277 cm³/mol. The molecule has 0 saturated carbocycles. The third kappa shape index (κ3) is 6.64. The quantitative estimate of drug-likeness (QED) is 0.152. The minimum absolute atomic E-state index is 0.528. The largest absolute Gasteiger partial charge is 0.307 e. The van der Waals surface area contributed by atoms with Crippen LogP contribution in [-0.2, 0) is 0 Å². The maximum atomic E-state index is 5.46. The fourth-order valence-corrected chi connectivity index (χ4v) is 9.70. The molecule has 13 aromatic rings. The van der Waals surface area contributed by atoms with Crippen LogP contribution in [0, 0.1) is 0 Å². The van der Waals surface area contributed by atoms with Crippen LogP contribution in [0.5, 0.6) is 0 Å². The number of aromatic nitrogens is 7. The Labute approximate surface area is 392 Å². The third-order valence-electron chi connectivity index (χ3n) is 12.8. The van der Waals surface area contributed by atoms with Gasteiger partial charge in [0.2, 0.25) is 5.95 Å². The Kier molecular flexibility index (Phi) is 9.35. The van der Waals surface area contributed by atoms with Crippen molar-refractivity contribution in [2.45, 2.75) is 0 Å². The normalized spacial score (nSPS) is 11.5. The SMILES string of the molecule is c1ccc(-c2cc(-c3ccccc3)nc(-c3cccc(-n4c5ccccc5c5ccc6c7ccccc7n(-c7nc(-c8ccccc8)nc(-c8ccccc8-c8ccccc8)n7)c6c54)c3)n2)cc1. The van der Waals surface area contributed by atoms with E-state index in [-0.39, 0.29) is 0 Å². The third-order valence-corrected chi connectivity index (χ3v) is 12.8. The first-order valence-electron chi connectivity index (χ1n) is 22.8. The van der Waals surface area contributed by atoms with Gasteiger partial charge in [-0.05, 0) is 41.5 Å². The molecule has 0 atom stereocenters. The predicted octanol–water partition coefficient (Wildman–Crippen LogP) is 14.9. The van der Waals surface area contributed by atoms with Gasteiger partial charge in [0.05, 0.1) is 33.5 Å². The summed E-state index contributed by atoms with van der Waals surface area (Å²) in [4.78, 5) is 26.5. The Hall–Kier alpha value is -9.33. The Bertz CT molecular complexity index is 3950. The summed E-state index contributed by atoms with van der Waals surface area (Å²) in [7, 11) is 0. The molecule has 0 radical (unpaired) electrons. The minimum atomic E-state index is 0.528. The lowest BCUT2D eigenvalue weighted by Gasteiger charge is -2.15. The average molecular weight is 870 g/mol. The van der Waals surface area contributed by atoms with Gasteiger partial charge in [0.15, 0.2) is 17.5 Å². The van der Waals surface area contributed by atoms with E-state index in [1.165, 1.54) is 0 Å². The van der Waals surface area contributed by atoms with Gasteiger partial charge in [-0.15, -0.1) is 0 Å². The lowest BCUT2D eigenvalue weighted by atomic mass is 9.99. The second-order valence-corrected chi connectivity index (χ2v) is 16.9. The Balaban J connectivity index is 1.09. The molecule has 0 spiro atoms. The van der Waals surface area contributed by atoms with E-state index in [0.29, 0.717) is 23.4 Å². The highest BCUT2D eigenvalue weighted by Gasteiger charge is 2.24. The molecule has 4 aromatic heterocycles. The van der Waals surface area contributed by atoms with Crippen LogP contribution in [0.4, 0.5) is 0 Å². The Morgan fingerprint density at radius 2 is 0.721 bits per heavy atom. The molecule has 0 bridgehead atoms. The summed E-state index contributed by atoms with van der Waals surface area (Å²) in [6.07, 6.45) is 0. The highest BCUT2D eigenvalue weighted by Crippen LogP contribution is 2.42. The Morgan fingerprint density at radius 1 is 0.265 bits per heavy atom. The van der Waals surface area contributed by atoms with Crippen molar-refractivity contribution in [2.24, 2.45) is 0 Å². The zero-order valence-corrected chi connectivity index (χ0v) is 36.6. The lowest BCUT2D eigenvalue weighted by molar-refractivity contribution is 0.953. The number of nitrogens with zero attached hydrogens (tertiary/aromatic N) is 7. The fourth-order valence-electron chi connectivity index (χ4n) is 9.70. The number of benzene rings is 9. The molecule has 4 heterocycles. The molecule has 9 aromatic carbocycles. The molecule has 0 saturated heterocycles. The van der Waals surface area contributed by atoms with Crippen molar-refractivity contribution < 1.29 is 0 Å². The second-order valence-electron chi connectivity index (χ2n) is 16.9. The van der Waals surface area contributed by atoms with Crippen LogP contribution in [-0.4, -0.2) is 34.1 Å². The second kappa shape index (κ2) is 16.3. The van der Waals surface area contributed by atoms with Gasteiger partial charge in [0, 0.05) is 55.0 Å². The highest BCUT2D eigenvalue weighted by atomic mass is 15.2. The van der Waals surface area contributed by atoms with Crippen molar-refractivity contribution >= 4 is 43.6 Å². The van der Waals surface area contributed by atoms with Crippen molar-refractivity contribution in [3.63, 3.8) is 0 Å². The van der Waals surface area contributed by atoms with E-state index in [1.54, 1.807) is 0 Å². The zero-order chi connectivity index (χ0) is 45.0. The number of rotatable bonds is 8.